The van der Waals surface area contributed by atoms with Gasteiger partial charge in [0.1, 0.15) is 17.8 Å². The highest BCUT2D eigenvalue weighted by Gasteiger charge is 2.28. The van der Waals surface area contributed by atoms with Gasteiger partial charge < -0.3 is 36.5 Å². The predicted octanol–water partition coefficient (Wildman–Crippen LogP) is 0.581. The van der Waals surface area contributed by atoms with E-state index in [0.717, 1.165) is 29.4 Å². The van der Waals surface area contributed by atoms with Crippen molar-refractivity contribution >= 4 is 34.6 Å². The summed E-state index contributed by atoms with van der Waals surface area (Å²) in [5.41, 5.74) is 2.31. The van der Waals surface area contributed by atoms with Gasteiger partial charge in [0.25, 0.3) is 0 Å². The largest absolute Gasteiger partial charge is 0.508 e. The van der Waals surface area contributed by atoms with Crippen LogP contribution in [0.1, 0.15) is 24.0 Å². The number of carbonyl (C=O) groups excluding carboxylic acids is 3. The molecule has 3 aromatic rings. The van der Waals surface area contributed by atoms with Crippen LogP contribution >= 0.6 is 0 Å². The van der Waals surface area contributed by atoms with Crippen molar-refractivity contribution in [1.29, 1.82) is 0 Å². The number of benzene rings is 2. The summed E-state index contributed by atoms with van der Waals surface area (Å²) in [6.07, 6.45) is 3.44. The number of aromatic nitrogens is 1. The lowest BCUT2D eigenvalue weighted by Gasteiger charge is -2.21. The number of carboxylic acids is 1. The molecular formula is C27H31N5O6. The number of aromatic hydroxyl groups is 1. The second-order valence-electron chi connectivity index (χ2n) is 9.32. The Morgan fingerprint density at radius 1 is 0.974 bits per heavy atom. The predicted molar refractivity (Wildman–Crippen MR) is 139 cm³/mol. The molecule has 1 saturated heterocycles. The van der Waals surface area contributed by atoms with Crippen LogP contribution < -0.4 is 21.3 Å². The quantitative estimate of drug-likeness (QED) is 0.193. The van der Waals surface area contributed by atoms with E-state index in [4.69, 9.17) is 0 Å². The third-order valence-electron chi connectivity index (χ3n) is 6.54. The molecule has 1 fully saturated rings. The van der Waals surface area contributed by atoms with Gasteiger partial charge in [-0.3, -0.25) is 14.4 Å². The number of rotatable bonds is 11. The zero-order valence-electron chi connectivity index (χ0n) is 20.7. The number of aromatic amines is 1. The first-order valence-electron chi connectivity index (χ1n) is 12.5. The molecule has 3 unspecified atom stereocenters. The van der Waals surface area contributed by atoms with Crippen molar-refractivity contribution in [2.24, 2.45) is 0 Å². The van der Waals surface area contributed by atoms with Crippen LogP contribution in [-0.2, 0) is 32.0 Å². The van der Waals surface area contributed by atoms with E-state index in [1.807, 2.05) is 24.3 Å². The number of phenols is 1. The number of amides is 3. The average Bonchev–Trinajstić information content (AvgIpc) is 3.58. The maximum Gasteiger partial charge on any atom is 0.326 e. The number of aliphatic carboxylic acids is 1. The Bertz CT molecular complexity index is 1300. The highest BCUT2D eigenvalue weighted by atomic mass is 16.4. The Kier molecular flexibility index (Phi) is 8.59. The van der Waals surface area contributed by atoms with Crippen LogP contribution in [0.4, 0.5) is 0 Å². The molecule has 0 aliphatic carbocycles. The summed E-state index contributed by atoms with van der Waals surface area (Å²) in [6, 6.07) is 11.1. The third-order valence-corrected chi connectivity index (χ3v) is 6.54. The van der Waals surface area contributed by atoms with Gasteiger partial charge in [-0.15, -0.1) is 0 Å². The second kappa shape index (κ2) is 12.2. The Morgan fingerprint density at radius 2 is 1.74 bits per heavy atom. The van der Waals surface area contributed by atoms with E-state index in [2.05, 4.69) is 26.3 Å². The minimum absolute atomic E-state index is 0.0625. The molecule has 11 nitrogen and oxygen atoms in total. The Balaban J connectivity index is 1.36. The van der Waals surface area contributed by atoms with Gasteiger partial charge in [-0.05, 0) is 48.7 Å². The topological polar surface area (TPSA) is 173 Å². The van der Waals surface area contributed by atoms with Gasteiger partial charge in [0.15, 0.2) is 0 Å². The summed E-state index contributed by atoms with van der Waals surface area (Å²) in [6.45, 7) is 0.260. The standard InChI is InChI=1S/C27H31N5O6/c33-18-9-7-16(8-10-18)12-22(32-26(36)21-6-3-11-28-21)25(35)30-15-24(34)31-23(27(37)38)13-17-14-29-20-5-2-1-4-19(17)20/h1-2,4-5,7-10,14,21-23,28-29,33H,3,6,11-13,15H2,(H,30,35)(H,31,34)(H,32,36)(H,37,38). The monoisotopic (exact) mass is 521 g/mol. The van der Waals surface area contributed by atoms with Gasteiger partial charge in [-0.1, -0.05) is 30.3 Å². The van der Waals surface area contributed by atoms with Gasteiger partial charge in [0.2, 0.25) is 17.7 Å². The molecule has 7 N–H and O–H groups in total. The van der Waals surface area contributed by atoms with Crippen molar-refractivity contribution in [3.8, 4) is 5.75 Å². The van der Waals surface area contributed by atoms with Crippen LogP contribution in [0.15, 0.2) is 54.7 Å². The number of hydrogen-bond acceptors (Lipinski definition) is 6. The molecule has 0 spiro atoms. The van der Waals surface area contributed by atoms with Crippen molar-refractivity contribution in [2.45, 2.75) is 43.8 Å². The number of hydrogen-bond donors (Lipinski definition) is 7. The molecule has 1 aliphatic rings. The van der Waals surface area contributed by atoms with E-state index in [9.17, 15) is 29.4 Å². The minimum atomic E-state index is -1.20. The molecule has 200 valence electrons. The Hall–Kier alpha value is -4.38. The highest BCUT2D eigenvalue weighted by molar-refractivity contribution is 5.93. The summed E-state index contributed by atoms with van der Waals surface area (Å²) in [7, 11) is 0. The molecule has 0 radical (unpaired) electrons. The lowest BCUT2D eigenvalue weighted by atomic mass is 10.0. The van der Waals surface area contributed by atoms with E-state index in [-0.39, 0.29) is 24.5 Å². The fraction of sp³-hybridized carbons (Fsp3) is 0.333. The number of H-pyrrole nitrogens is 1. The van der Waals surface area contributed by atoms with E-state index >= 15 is 0 Å². The van der Waals surface area contributed by atoms with Crippen molar-refractivity contribution in [1.82, 2.24) is 26.3 Å². The Morgan fingerprint density at radius 3 is 2.45 bits per heavy atom. The molecule has 3 amide bonds. The normalized spacial score (nSPS) is 16.5. The maximum absolute atomic E-state index is 13.0. The number of carbonyl (C=O) groups is 4. The van der Waals surface area contributed by atoms with Gasteiger partial charge in [-0.2, -0.15) is 0 Å². The number of nitrogens with one attached hydrogen (secondary N) is 5. The lowest BCUT2D eigenvalue weighted by molar-refractivity contribution is -0.141. The number of phenolic OH excluding ortho intramolecular Hbond substituents is 1. The molecule has 2 aromatic carbocycles. The minimum Gasteiger partial charge on any atom is -0.508 e. The van der Waals surface area contributed by atoms with Gasteiger partial charge in [0, 0.05) is 29.9 Å². The maximum atomic E-state index is 13.0. The smallest absolute Gasteiger partial charge is 0.326 e. The number of fused-ring (bicyclic) bond motifs is 1. The molecule has 2 heterocycles. The highest BCUT2D eigenvalue weighted by Crippen LogP contribution is 2.19. The zero-order valence-corrected chi connectivity index (χ0v) is 20.7. The van der Waals surface area contributed by atoms with E-state index in [0.29, 0.717) is 12.0 Å². The van der Waals surface area contributed by atoms with Crippen LogP contribution in [0.25, 0.3) is 10.9 Å². The number of carboxylic acid groups (broad SMARTS) is 1. The molecule has 38 heavy (non-hydrogen) atoms. The van der Waals surface area contributed by atoms with Crippen molar-refractivity contribution < 1.29 is 29.4 Å². The summed E-state index contributed by atoms with van der Waals surface area (Å²) in [5.74, 6) is -2.68. The van der Waals surface area contributed by atoms with Gasteiger partial charge in [-0.25, -0.2) is 4.79 Å². The summed E-state index contributed by atoms with van der Waals surface area (Å²) >= 11 is 0. The van der Waals surface area contributed by atoms with Crippen molar-refractivity contribution in [3.05, 3.63) is 65.9 Å². The molecule has 1 aliphatic heterocycles. The van der Waals surface area contributed by atoms with E-state index in [1.54, 1.807) is 18.3 Å². The molecule has 0 bridgehead atoms. The first-order valence-corrected chi connectivity index (χ1v) is 12.5. The molecule has 4 rings (SSSR count). The molecule has 3 atom stereocenters. The van der Waals surface area contributed by atoms with Crippen LogP contribution in [-0.4, -0.2) is 70.1 Å². The average molecular weight is 522 g/mol. The molecular weight excluding hydrogens is 490 g/mol. The van der Waals surface area contributed by atoms with Crippen molar-refractivity contribution in [3.63, 3.8) is 0 Å². The molecule has 11 heteroatoms. The molecule has 1 aromatic heterocycles. The Labute approximate surface area is 219 Å². The fourth-order valence-electron chi connectivity index (χ4n) is 4.51. The SMILES string of the molecule is O=C(CNC(=O)C(Cc1ccc(O)cc1)NC(=O)C1CCCN1)NC(Cc1c[nH]c2ccccc12)C(=O)O. The third kappa shape index (κ3) is 6.88. The summed E-state index contributed by atoms with van der Waals surface area (Å²) in [4.78, 5) is 53.2. The summed E-state index contributed by atoms with van der Waals surface area (Å²) < 4.78 is 0. The fourth-order valence-corrected chi connectivity index (χ4v) is 4.51. The lowest BCUT2D eigenvalue weighted by Crippen LogP contribution is -2.54. The first kappa shape index (κ1) is 26.7. The van der Waals surface area contributed by atoms with Gasteiger partial charge in [0.05, 0.1) is 12.6 Å². The number of para-hydroxylation sites is 1. The zero-order chi connectivity index (χ0) is 27.1. The molecule has 0 saturated carbocycles. The second-order valence-corrected chi connectivity index (χ2v) is 9.32. The van der Waals surface area contributed by atoms with Gasteiger partial charge >= 0.3 is 5.97 Å². The van der Waals surface area contributed by atoms with Crippen LogP contribution in [0.3, 0.4) is 0 Å². The van der Waals surface area contributed by atoms with Crippen molar-refractivity contribution in [2.75, 3.05) is 13.1 Å². The van der Waals surface area contributed by atoms with E-state index in [1.165, 1.54) is 12.1 Å². The van der Waals surface area contributed by atoms with Crippen LogP contribution in [0.5, 0.6) is 5.75 Å². The van der Waals surface area contributed by atoms with E-state index < -0.39 is 42.5 Å². The van der Waals surface area contributed by atoms with Crippen LogP contribution in [0.2, 0.25) is 0 Å². The first-order chi connectivity index (χ1) is 18.3. The van der Waals surface area contributed by atoms with Crippen LogP contribution in [0, 0.1) is 0 Å². The summed E-state index contributed by atoms with van der Waals surface area (Å²) in [5, 5.41) is 30.9.